The Morgan fingerprint density at radius 1 is 1.21 bits per heavy atom. The molecule has 0 aromatic heterocycles. The first-order valence-electron chi connectivity index (χ1n) is 6.21. The predicted octanol–water partition coefficient (Wildman–Crippen LogP) is 4.68. The van der Waals surface area contributed by atoms with E-state index in [-0.39, 0.29) is 6.10 Å². The second kappa shape index (κ2) is 6.39. The molecule has 1 unspecified atom stereocenters. The number of aldehydes is 1. The third-order valence-corrected chi connectivity index (χ3v) is 3.25. The summed E-state index contributed by atoms with van der Waals surface area (Å²) >= 11 is 5.99. The van der Waals surface area contributed by atoms with E-state index in [1.165, 1.54) is 0 Å². The molecule has 2 rings (SSSR count). The van der Waals surface area contributed by atoms with E-state index >= 15 is 0 Å². The first-order valence-corrected chi connectivity index (χ1v) is 6.58. The number of hydrogen-bond acceptors (Lipinski definition) is 2. The summed E-state index contributed by atoms with van der Waals surface area (Å²) in [5.41, 5.74) is 1.60. The van der Waals surface area contributed by atoms with Gasteiger partial charge in [0.2, 0.25) is 0 Å². The lowest BCUT2D eigenvalue weighted by molar-refractivity contribution is 0.112. The van der Waals surface area contributed by atoms with Gasteiger partial charge in [-0.15, -0.1) is 0 Å². The number of halogens is 1. The summed E-state index contributed by atoms with van der Waals surface area (Å²) in [5.74, 6) is 0.673. The summed E-state index contributed by atoms with van der Waals surface area (Å²) < 4.78 is 5.93. The molecule has 0 spiro atoms. The Morgan fingerprint density at radius 2 is 1.95 bits per heavy atom. The molecule has 0 aliphatic heterocycles. The van der Waals surface area contributed by atoms with Crippen LogP contribution in [0, 0.1) is 0 Å². The van der Waals surface area contributed by atoms with Crippen LogP contribution in [-0.4, -0.2) is 6.29 Å². The molecule has 0 aliphatic carbocycles. The molecule has 98 valence electrons. The molecule has 0 heterocycles. The van der Waals surface area contributed by atoms with Crippen molar-refractivity contribution in [2.24, 2.45) is 0 Å². The van der Waals surface area contributed by atoms with Gasteiger partial charge in [0.25, 0.3) is 0 Å². The van der Waals surface area contributed by atoms with Crippen LogP contribution in [0.5, 0.6) is 5.75 Å². The molecule has 0 bridgehead atoms. The largest absolute Gasteiger partial charge is 0.486 e. The molecular formula is C16H15ClO2. The maximum absolute atomic E-state index is 10.7. The van der Waals surface area contributed by atoms with Gasteiger partial charge in [-0.05, 0) is 30.2 Å². The van der Waals surface area contributed by atoms with Crippen molar-refractivity contribution in [3.05, 3.63) is 64.7 Å². The van der Waals surface area contributed by atoms with Crippen molar-refractivity contribution in [3.63, 3.8) is 0 Å². The second-order valence-electron chi connectivity index (χ2n) is 4.23. The summed E-state index contributed by atoms with van der Waals surface area (Å²) in [6, 6.07) is 15.1. The normalized spacial score (nSPS) is 11.9. The molecule has 19 heavy (non-hydrogen) atoms. The molecule has 2 aromatic rings. The van der Waals surface area contributed by atoms with E-state index in [1.54, 1.807) is 18.2 Å². The average molecular weight is 275 g/mol. The summed E-state index contributed by atoms with van der Waals surface area (Å²) in [5, 5.41) is 0.412. The molecule has 0 saturated heterocycles. The minimum absolute atomic E-state index is 0.0145. The Bertz CT molecular complexity index is 552. The van der Waals surface area contributed by atoms with Crippen molar-refractivity contribution in [1.29, 1.82) is 0 Å². The summed E-state index contributed by atoms with van der Waals surface area (Å²) in [6.45, 7) is 2.07. The van der Waals surface area contributed by atoms with E-state index in [0.717, 1.165) is 18.3 Å². The Morgan fingerprint density at radius 3 is 2.53 bits per heavy atom. The third kappa shape index (κ3) is 3.36. The van der Waals surface area contributed by atoms with Gasteiger partial charge in [-0.1, -0.05) is 48.9 Å². The molecule has 0 fully saturated rings. The van der Waals surface area contributed by atoms with Gasteiger partial charge >= 0.3 is 0 Å². The molecule has 1 atom stereocenters. The molecule has 0 N–H and O–H groups in total. The Balaban J connectivity index is 2.19. The topological polar surface area (TPSA) is 26.3 Å². The van der Waals surface area contributed by atoms with Crippen LogP contribution in [0.15, 0.2) is 48.5 Å². The van der Waals surface area contributed by atoms with Crippen LogP contribution in [0.4, 0.5) is 0 Å². The first kappa shape index (κ1) is 13.6. The zero-order valence-electron chi connectivity index (χ0n) is 10.7. The van der Waals surface area contributed by atoms with Crippen LogP contribution in [0.25, 0.3) is 0 Å². The summed E-state index contributed by atoms with van der Waals surface area (Å²) in [7, 11) is 0. The zero-order valence-corrected chi connectivity index (χ0v) is 11.4. The van der Waals surface area contributed by atoms with E-state index < -0.39 is 0 Å². The number of carbonyl (C=O) groups is 1. The molecule has 2 nitrogen and oxygen atoms in total. The minimum atomic E-state index is -0.0145. The van der Waals surface area contributed by atoms with E-state index in [0.29, 0.717) is 16.3 Å². The van der Waals surface area contributed by atoms with Crippen molar-refractivity contribution in [3.8, 4) is 5.75 Å². The second-order valence-corrected chi connectivity index (χ2v) is 4.63. The molecule has 0 radical (unpaired) electrons. The van der Waals surface area contributed by atoms with Gasteiger partial charge < -0.3 is 4.74 Å². The minimum Gasteiger partial charge on any atom is -0.486 e. The monoisotopic (exact) mass is 274 g/mol. The van der Waals surface area contributed by atoms with Gasteiger partial charge in [0.05, 0.1) is 5.02 Å². The fourth-order valence-electron chi connectivity index (χ4n) is 1.90. The maximum atomic E-state index is 10.7. The summed E-state index contributed by atoms with van der Waals surface area (Å²) in [6.07, 6.45) is 1.58. The highest BCUT2D eigenvalue weighted by Gasteiger charge is 2.11. The number of hydrogen-bond donors (Lipinski definition) is 0. The van der Waals surface area contributed by atoms with Crippen LogP contribution in [-0.2, 0) is 0 Å². The van der Waals surface area contributed by atoms with Crippen LogP contribution in [0.1, 0.15) is 35.4 Å². The Kier molecular flexibility index (Phi) is 4.58. The maximum Gasteiger partial charge on any atom is 0.151 e. The average Bonchev–Trinajstić information content (AvgIpc) is 2.46. The fraction of sp³-hybridized carbons (Fsp3) is 0.188. The van der Waals surface area contributed by atoms with Crippen LogP contribution >= 0.6 is 11.6 Å². The first-order chi connectivity index (χ1) is 9.24. The number of benzene rings is 2. The van der Waals surface area contributed by atoms with E-state index in [1.807, 2.05) is 30.3 Å². The molecule has 0 saturated carbocycles. The van der Waals surface area contributed by atoms with Gasteiger partial charge in [-0.3, -0.25) is 4.79 Å². The van der Waals surface area contributed by atoms with Gasteiger partial charge in [-0.2, -0.15) is 0 Å². The van der Waals surface area contributed by atoms with Crippen molar-refractivity contribution in [1.82, 2.24) is 0 Å². The molecule has 0 amide bonds. The van der Waals surface area contributed by atoms with Gasteiger partial charge in [0, 0.05) is 5.56 Å². The lowest BCUT2D eigenvalue weighted by atomic mass is 10.1. The Hall–Kier alpha value is -1.80. The molecule has 0 aliphatic rings. The number of ether oxygens (including phenoxy) is 1. The zero-order chi connectivity index (χ0) is 13.7. The third-order valence-electron chi connectivity index (χ3n) is 2.92. The lowest BCUT2D eigenvalue weighted by Gasteiger charge is -2.18. The molecule has 2 aromatic carbocycles. The van der Waals surface area contributed by atoms with Crippen molar-refractivity contribution in [2.75, 3.05) is 0 Å². The quantitative estimate of drug-likeness (QED) is 0.740. The van der Waals surface area contributed by atoms with Gasteiger partial charge in [0.15, 0.2) is 6.29 Å². The Labute approximate surface area is 118 Å². The highest BCUT2D eigenvalue weighted by atomic mass is 35.5. The predicted molar refractivity (Wildman–Crippen MR) is 76.9 cm³/mol. The standard InChI is InChI=1S/C16H15ClO2/c1-2-16(12-6-4-3-5-7-12)19-14-9-8-13(11-18)15(17)10-14/h3-11,16H,2H2,1H3. The van der Waals surface area contributed by atoms with E-state index in [4.69, 9.17) is 16.3 Å². The highest BCUT2D eigenvalue weighted by Crippen LogP contribution is 2.27. The fourth-order valence-corrected chi connectivity index (χ4v) is 2.11. The van der Waals surface area contributed by atoms with Crippen LogP contribution in [0.2, 0.25) is 5.02 Å². The smallest absolute Gasteiger partial charge is 0.151 e. The molecular weight excluding hydrogens is 260 g/mol. The summed E-state index contributed by atoms with van der Waals surface area (Å²) in [4.78, 5) is 10.7. The lowest BCUT2D eigenvalue weighted by Crippen LogP contribution is -2.06. The van der Waals surface area contributed by atoms with Gasteiger partial charge in [0.1, 0.15) is 11.9 Å². The van der Waals surface area contributed by atoms with Crippen LogP contribution in [0.3, 0.4) is 0 Å². The van der Waals surface area contributed by atoms with Crippen molar-refractivity contribution >= 4 is 17.9 Å². The number of rotatable bonds is 5. The number of carbonyl (C=O) groups excluding carboxylic acids is 1. The SMILES string of the molecule is CCC(Oc1ccc(C=O)c(Cl)c1)c1ccccc1. The van der Waals surface area contributed by atoms with E-state index in [2.05, 4.69) is 6.92 Å². The highest BCUT2D eigenvalue weighted by molar-refractivity contribution is 6.33. The van der Waals surface area contributed by atoms with E-state index in [9.17, 15) is 4.79 Å². The van der Waals surface area contributed by atoms with Crippen molar-refractivity contribution < 1.29 is 9.53 Å². The van der Waals surface area contributed by atoms with Gasteiger partial charge in [-0.25, -0.2) is 0 Å². The van der Waals surface area contributed by atoms with Crippen LogP contribution < -0.4 is 4.74 Å². The molecule has 3 heteroatoms. The van der Waals surface area contributed by atoms with Crippen molar-refractivity contribution in [2.45, 2.75) is 19.4 Å².